The minimum absolute atomic E-state index is 0.0388. The molecule has 3 rings (SSSR count). The van der Waals surface area contributed by atoms with Crippen molar-refractivity contribution in [2.45, 2.75) is 63.7 Å². The van der Waals surface area contributed by atoms with E-state index in [-0.39, 0.29) is 5.54 Å². The zero-order valence-corrected chi connectivity index (χ0v) is 14.5. The van der Waals surface area contributed by atoms with Crippen LogP contribution in [0.2, 0.25) is 0 Å². The van der Waals surface area contributed by atoms with Gasteiger partial charge >= 0.3 is 0 Å². The molecule has 0 saturated carbocycles. The first-order valence-corrected chi connectivity index (χ1v) is 8.62. The van der Waals surface area contributed by atoms with Crippen LogP contribution in [0.25, 0.3) is 0 Å². The zero-order valence-electron chi connectivity index (χ0n) is 14.5. The number of likely N-dealkylation sites (N-methyl/N-ethyl adjacent to an activating group) is 1. The third-order valence-electron chi connectivity index (χ3n) is 5.44. The van der Waals surface area contributed by atoms with Crippen LogP contribution in [0, 0.1) is 0 Å². The Morgan fingerprint density at radius 1 is 1.45 bits per heavy atom. The van der Waals surface area contributed by atoms with Crippen LogP contribution in [-0.2, 0) is 12.1 Å². The molecule has 0 radical (unpaired) electrons. The van der Waals surface area contributed by atoms with Gasteiger partial charge in [-0.15, -0.1) is 0 Å². The van der Waals surface area contributed by atoms with E-state index < -0.39 is 0 Å². The van der Waals surface area contributed by atoms with Gasteiger partial charge in [-0.1, -0.05) is 0 Å². The Morgan fingerprint density at radius 2 is 2.27 bits per heavy atom. The van der Waals surface area contributed by atoms with E-state index in [0.29, 0.717) is 11.6 Å². The van der Waals surface area contributed by atoms with Crippen LogP contribution >= 0.6 is 0 Å². The number of likely N-dealkylation sites (tertiary alicyclic amines) is 1. The molecule has 0 bridgehead atoms. The van der Waals surface area contributed by atoms with Crippen molar-refractivity contribution in [2.75, 3.05) is 26.7 Å². The number of rotatable bonds is 3. The minimum atomic E-state index is 0.0388. The highest BCUT2D eigenvalue weighted by molar-refractivity contribution is 5.10. The van der Waals surface area contributed by atoms with Crippen LogP contribution in [0.15, 0.2) is 12.3 Å². The molecule has 124 valence electrons. The van der Waals surface area contributed by atoms with Gasteiger partial charge in [0.15, 0.2) is 0 Å². The average Bonchev–Trinajstić information content (AvgIpc) is 3.05. The summed E-state index contributed by atoms with van der Waals surface area (Å²) < 4.78 is 2.14. The SMILES string of the molecule is CN1CCC(NCc2ccnn2C(C)(C)C)C12CCCNC2. The fourth-order valence-corrected chi connectivity index (χ4v) is 4.20. The highest BCUT2D eigenvalue weighted by Crippen LogP contribution is 2.34. The molecule has 5 nitrogen and oxygen atoms in total. The molecule has 5 heteroatoms. The first kappa shape index (κ1) is 16.0. The molecule has 0 aromatic carbocycles. The summed E-state index contributed by atoms with van der Waals surface area (Å²) in [5.41, 5.74) is 1.61. The summed E-state index contributed by atoms with van der Waals surface area (Å²) >= 11 is 0. The third kappa shape index (κ3) is 2.82. The second-order valence-corrected chi connectivity index (χ2v) is 7.93. The summed E-state index contributed by atoms with van der Waals surface area (Å²) in [5, 5.41) is 12.0. The summed E-state index contributed by atoms with van der Waals surface area (Å²) in [6, 6.07) is 2.71. The molecule has 2 N–H and O–H groups in total. The Bertz CT molecular complexity index is 495. The van der Waals surface area contributed by atoms with Gasteiger partial charge in [0.25, 0.3) is 0 Å². The third-order valence-corrected chi connectivity index (χ3v) is 5.44. The van der Waals surface area contributed by atoms with E-state index in [4.69, 9.17) is 0 Å². The number of nitrogens with zero attached hydrogens (tertiary/aromatic N) is 3. The molecule has 3 heterocycles. The fourth-order valence-electron chi connectivity index (χ4n) is 4.20. The van der Waals surface area contributed by atoms with Crippen LogP contribution in [0.3, 0.4) is 0 Å². The highest BCUT2D eigenvalue weighted by atomic mass is 15.3. The van der Waals surface area contributed by atoms with Gasteiger partial charge in [0.05, 0.1) is 11.2 Å². The van der Waals surface area contributed by atoms with Crippen molar-refractivity contribution in [1.29, 1.82) is 0 Å². The molecule has 2 aliphatic heterocycles. The van der Waals surface area contributed by atoms with Gasteiger partial charge in [-0.2, -0.15) is 5.10 Å². The van der Waals surface area contributed by atoms with E-state index in [2.05, 4.69) is 59.2 Å². The van der Waals surface area contributed by atoms with Gasteiger partial charge in [0.2, 0.25) is 0 Å². The molecule has 2 aliphatic rings. The van der Waals surface area contributed by atoms with Gasteiger partial charge in [-0.3, -0.25) is 9.58 Å². The molecule has 2 unspecified atom stereocenters. The van der Waals surface area contributed by atoms with E-state index in [1.165, 1.54) is 38.0 Å². The molecule has 2 fully saturated rings. The maximum atomic E-state index is 4.51. The highest BCUT2D eigenvalue weighted by Gasteiger charge is 2.47. The topological polar surface area (TPSA) is 45.1 Å². The van der Waals surface area contributed by atoms with Gasteiger partial charge in [-0.05, 0) is 59.7 Å². The van der Waals surface area contributed by atoms with E-state index >= 15 is 0 Å². The van der Waals surface area contributed by atoms with E-state index in [1.54, 1.807) is 0 Å². The van der Waals surface area contributed by atoms with Crippen molar-refractivity contribution < 1.29 is 0 Å². The second-order valence-electron chi connectivity index (χ2n) is 7.93. The Kier molecular flexibility index (Phi) is 4.32. The number of hydrogen-bond donors (Lipinski definition) is 2. The summed E-state index contributed by atoms with van der Waals surface area (Å²) in [7, 11) is 2.29. The van der Waals surface area contributed by atoms with E-state index in [1.807, 2.05) is 6.20 Å². The lowest BCUT2D eigenvalue weighted by molar-refractivity contribution is 0.107. The van der Waals surface area contributed by atoms with Crippen molar-refractivity contribution in [3.8, 4) is 0 Å². The Morgan fingerprint density at radius 3 is 2.95 bits per heavy atom. The predicted molar refractivity (Wildman–Crippen MR) is 89.9 cm³/mol. The molecule has 2 saturated heterocycles. The molecule has 1 aromatic heterocycles. The fraction of sp³-hybridized carbons (Fsp3) is 0.824. The normalized spacial score (nSPS) is 30.3. The Labute approximate surface area is 134 Å². The second kappa shape index (κ2) is 5.95. The quantitative estimate of drug-likeness (QED) is 0.889. The lowest BCUT2D eigenvalue weighted by Crippen LogP contribution is -2.61. The summed E-state index contributed by atoms with van der Waals surface area (Å²) in [4.78, 5) is 2.57. The molecule has 0 amide bonds. The van der Waals surface area contributed by atoms with E-state index in [0.717, 1.165) is 13.1 Å². The monoisotopic (exact) mass is 305 g/mol. The van der Waals surface area contributed by atoms with Crippen LogP contribution < -0.4 is 10.6 Å². The smallest absolute Gasteiger partial charge is 0.0547 e. The lowest BCUT2D eigenvalue weighted by atomic mass is 9.83. The first-order chi connectivity index (χ1) is 10.4. The van der Waals surface area contributed by atoms with Gasteiger partial charge in [0, 0.05) is 37.4 Å². The van der Waals surface area contributed by atoms with E-state index in [9.17, 15) is 0 Å². The van der Waals surface area contributed by atoms with Gasteiger partial charge in [-0.25, -0.2) is 0 Å². The standard InChI is InChI=1S/C17H31N5/c1-16(2,3)22-14(6-10-20-22)12-19-15-7-11-21(4)17(15)8-5-9-18-13-17/h6,10,15,18-19H,5,7-9,11-13H2,1-4H3. The van der Waals surface area contributed by atoms with Gasteiger partial charge in [0.1, 0.15) is 0 Å². The lowest BCUT2D eigenvalue weighted by Gasteiger charge is -2.44. The maximum absolute atomic E-state index is 4.51. The minimum Gasteiger partial charge on any atom is -0.315 e. The Balaban J connectivity index is 1.70. The summed E-state index contributed by atoms with van der Waals surface area (Å²) in [5.74, 6) is 0. The summed E-state index contributed by atoms with van der Waals surface area (Å²) in [6.45, 7) is 11.0. The van der Waals surface area contributed by atoms with Crippen molar-refractivity contribution >= 4 is 0 Å². The predicted octanol–water partition coefficient (Wildman–Crippen LogP) is 1.55. The largest absolute Gasteiger partial charge is 0.315 e. The van der Waals surface area contributed by atoms with Crippen molar-refractivity contribution in [1.82, 2.24) is 25.3 Å². The molecule has 1 spiro atoms. The molecule has 0 aliphatic carbocycles. The van der Waals surface area contributed by atoms with Crippen molar-refractivity contribution in [3.05, 3.63) is 18.0 Å². The number of aromatic nitrogens is 2. The summed E-state index contributed by atoms with van der Waals surface area (Å²) in [6.07, 6.45) is 5.73. The Hall–Kier alpha value is -0.910. The molecule has 1 aromatic rings. The zero-order chi connectivity index (χ0) is 15.8. The van der Waals surface area contributed by atoms with Crippen LogP contribution in [0.1, 0.15) is 45.7 Å². The average molecular weight is 305 g/mol. The van der Waals surface area contributed by atoms with Crippen molar-refractivity contribution in [3.63, 3.8) is 0 Å². The first-order valence-electron chi connectivity index (χ1n) is 8.62. The van der Waals surface area contributed by atoms with Gasteiger partial charge < -0.3 is 10.6 Å². The molecular weight excluding hydrogens is 274 g/mol. The number of nitrogens with one attached hydrogen (secondary N) is 2. The molecule has 2 atom stereocenters. The van der Waals surface area contributed by atoms with Crippen LogP contribution in [0.4, 0.5) is 0 Å². The number of hydrogen-bond acceptors (Lipinski definition) is 4. The maximum Gasteiger partial charge on any atom is 0.0547 e. The van der Waals surface area contributed by atoms with Crippen molar-refractivity contribution in [2.24, 2.45) is 0 Å². The molecule has 22 heavy (non-hydrogen) atoms. The molecular formula is C17H31N5. The van der Waals surface area contributed by atoms with Crippen LogP contribution in [0.5, 0.6) is 0 Å². The number of piperidine rings is 1. The van der Waals surface area contributed by atoms with Crippen LogP contribution in [-0.4, -0.2) is 52.9 Å².